The molecule has 2 rings (SSSR count). The first-order valence-electron chi connectivity index (χ1n) is 7.82. The molecule has 0 atom stereocenters. The molecule has 0 saturated carbocycles. The van der Waals surface area contributed by atoms with Crippen LogP contribution in [0.25, 0.3) is 0 Å². The quantitative estimate of drug-likeness (QED) is 0.821. The van der Waals surface area contributed by atoms with Crippen molar-refractivity contribution in [2.75, 3.05) is 21.1 Å². The number of hydrogen-bond donors (Lipinski definition) is 0. The number of aromatic nitrogens is 2. The van der Waals surface area contributed by atoms with Gasteiger partial charge >= 0.3 is 0 Å². The number of carbonyl (C=O) groups excluding carboxylic acids is 1. The molecule has 5 heteroatoms. The van der Waals surface area contributed by atoms with Gasteiger partial charge < -0.3 is 14.4 Å². The van der Waals surface area contributed by atoms with Crippen molar-refractivity contribution in [2.45, 2.75) is 33.5 Å². The van der Waals surface area contributed by atoms with Crippen LogP contribution in [0.15, 0.2) is 30.6 Å². The molecular weight excluding hydrogens is 288 g/mol. The molecule has 2 aromatic rings. The Hall–Kier alpha value is -2.14. The molecule has 0 fully saturated rings. The number of hydrogen-bond acceptors (Lipinski definition) is 3. The van der Waals surface area contributed by atoms with E-state index in [1.807, 2.05) is 37.6 Å². The lowest BCUT2D eigenvalue weighted by atomic mass is 10.1. The molecular formula is C18H26N4O. The lowest BCUT2D eigenvalue weighted by Gasteiger charge is -2.21. The van der Waals surface area contributed by atoms with E-state index in [2.05, 4.69) is 36.1 Å². The molecule has 0 aliphatic carbocycles. The van der Waals surface area contributed by atoms with Gasteiger partial charge in [0, 0.05) is 25.8 Å². The first kappa shape index (κ1) is 17.2. The van der Waals surface area contributed by atoms with Crippen molar-refractivity contribution in [1.82, 2.24) is 19.4 Å². The lowest BCUT2D eigenvalue weighted by molar-refractivity contribution is -0.131. The standard InChI is InChI=1S/C18H26N4O/c1-14-15(2)22(13-19-14)12-18(23)21(5)11-17-9-7-6-8-16(17)10-20(3)4/h6-9,13H,10-12H2,1-5H3. The van der Waals surface area contributed by atoms with Gasteiger partial charge in [0.15, 0.2) is 0 Å². The zero-order valence-electron chi connectivity index (χ0n) is 14.7. The summed E-state index contributed by atoms with van der Waals surface area (Å²) >= 11 is 0. The van der Waals surface area contributed by atoms with E-state index in [1.54, 1.807) is 11.2 Å². The van der Waals surface area contributed by atoms with Gasteiger partial charge in [0.1, 0.15) is 6.54 Å². The Morgan fingerprint density at radius 1 is 1.09 bits per heavy atom. The summed E-state index contributed by atoms with van der Waals surface area (Å²) in [6, 6.07) is 8.28. The fraction of sp³-hybridized carbons (Fsp3) is 0.444. The summed E-state index contributed by atoms with van der Waals surface area (Å²) in [6.07, 6.45) is 1.73. The highest BCUT2D eigenvalue weighted by atomic mass is 16.2. The molecule has 0 unspecified atom stereocenters. The van der Waals surface area contributed by atoms with Crippen molar-refractivity contribution in [1.29, 1.82) is 0 Å². The van der Waals surface area contributed by atoms with Gasteiger partial charge in [-0.05, 0) is 39.1 Å². The SMILES string of the molecule is Cc1ncn(CC(=O)N(C)Cc2ccccc2CN(C)C)c1C. The van der Waals surface area contributed by atoms with Crippen LogP contribution < -0.4 is 0 Å². The lowest BCUT2D eigenvalue weighted by Crippen LogP contribution is -2.30. The van der Waals surface area contributed by atoms with Crippen LogP contribution in [0.3, 0.4) is 0 Å². The molecule has 0 aliphatic rings. The molecule has 0 radical (unpaired) electrons. The molecule has 1 aromatic carbocycles. The van der Waals surface area contributed by atoms with Crippen LogP contribution in [0.1, 0.15) is 22.5 Å². The van der Waals surface area contributed by atoms with E-state index in [0.29, 0.717) is 13.1 Å². The van der Waals surface area contributed by atoms with E-state index >= 15 is 0 Å². The van der Waals surface area contributed by atoms with Crippen molar-refractivity contribution < 1.29 is 4.79 Å². The summed E-state index contributed by atoms with van der Waals surface area (Å²) in [5, 5.41) is 0. The Labute approximate surface area is 138 Å². The zero-order chi connectivity index (χ0) is 17.0. The number of likely N-dealkylation sites (N-methyl/N-ethyl adjacent to an activating group) is 1. The van der Waals surface area contributed by atoms with Crippen molar-refractivity contribution in [3.05, 3.63) is 53.1 Å². The number of aryl methyl sites for hydroxylation is 1. The minimum Gasteiger partial charge on any atom is -0.340 e. The van der Waals surface area contributed by atoms with Crippen LogP contribution in [0, 0.1) is 13.8 Å². The third-order valence-electron chi connectivity index (χ3n) is 4.09. The van der Waals surface area contributed by atoms with E-state index in [4.69, 9.17) is 0 Å². The Morgan fingerprint density at radius 2 is 1.70 bits per heavy atom. The van der Waals surface area contributed by atoms with Gasteiger partial charge in [0.05, 0.1) is 12.0 Å². The molecule has 0 N–H and O–H groups in total. The smallest absolute Gasteiger partial charge is 0.242 e. The molecule has 1 heterocycles. The van der Waals surface area contributed by atoms with Gasteiger partial charge in [-0.1, -0.05) is 24.3 Å². The van der Waals surface area contributed by atoms with E-state index in [1.165, 1.54) is 11.1 Å². The maximum atomic E-state index is 12.5. The van der Waals surface area contributed by atoms with Gasteiger partial charge in [-0.25, -0.2) is 4.98 Å². The fourth-order valence-electron chi connectivity index (χ4n) is 2.52. The van der Waals surface area contributed by atoms with Crippen LogP contribution in [0.2, 0.25) is 0 Å². The van der Waals surface area contributed by atoms with Gasteiger partial charge in [-0.15, -0.1) is 0 Å². The predicted molar refractivity (Wildman–Crippen MR) is 92.0 cm³/mol. The van der Waals surface area contributed by atoms with Gasteiger partial charge in [-0.2, -0.15) is 0 Å². The topological polar surface area (TPSA) is 41.4 Å². The van der Waals surface area contributed by atoms with Crippen molar-refractivity contribution in [2.24, 2.45) is 0 Å². The van der Waals surface area contributed by atoms with Crippen LogP contribution in [0.4, 0.5) is 0 Å². The monoisotopic (exact) mass is 314 g/mol. The minimum atomic E-state index is 0.0881. The number of imidazole rings is 1. The van der Waals surface area contributed by atoms with Crippen molar-refractivity contribution in [3.8, 4) is 0 Å². The van der Waals surface area contributed by atoms with Crippen LogP contribution in [-0.4, -0.2) is 46.4 Å². The average Bonchev–Trinajstić information content (AvgIpc) is 2.80. The maximum absolute atomic E-state index is 12.5. The number of nitrogens with zero attached hydrogens (tertiary/aromatic N) is 4. The summed E-state index contributed by atoms with van der Waals surface area (Å²) in [4.78, 5) is 20.6. The van der Waals surface area contributed by atoms with Crippen molar-refractivity contribution >= 4 is 5.91 Å². The van der Waals surface area contributed by atoms with Crippen LogP contribution in [-0.2, 0) is 24.4 Å². The third kappa shape index (κ3) is 4.42. The Balaban J connectivity index is 2.05. The molecule has 0 spiro atoms. The van der Waals surface area contributed by atoms with E-state index in [-0.39, 0.29) is 5.91 Å². The summed E-state index contributed by atoms with van der Waals surface area (Å²) in [5.74, 6) is 0.0881. The van der Waals surface area contributed by atoms with Gasteiger partial charge in [0.2, 0.25) is 5.91 Å². The predicted octanol–water partition coefficient (Wildman–Crippen LogP) is 2.22. The van der Waals surface area contributed by atoms with Crippen molar-refractivity contribution in [3.63, 3.8) is 0 Å². The number of rotatable bonds is 6. The second kappa shape index (κ2) is 7.42. The summed E-state index contributed by atoms with van der Waals surface area (Å²) in [7, 11) is 5.96. The fourth-order valence-corrected chi connectivity index (χ4v) is 2.52. The van der Waals surface area contributed by atoms with E-state index in [0.717, 1.165) is 17.9 Å². The molecule has 0 aliphatic heterocycles. The molecule has 0 bridgehead atoms. The maximum Gasteiger partial charge on any atom is 0.242 e. The molecule has 0 saturated heterocycles. The molecule has 124 valence electrons. The van der Waals surface area contributed by atoms with Crippen LogP contribution >= 0.6 is 0 Å². The highest BCUT2D eigenvalue weighted by molar-refractivity contribution is 5.75. The van der Waals surface area contributed by atoms with Crippen LogP contribution in [0.5, 0.6) is 0 Å². The van der Waals surface area contributed by atoms with Gasteiger partial charge in [0.25, 0.3) is 0 Å². The largest absolute Gasteiger partial charge is 0.340 e. The van der Waals surface area contributed by atoms with E-state index in [9.17, 15) is 4.79 Å². The van der Waals surface area contributed by atoms with E-state index < -0.39 is 0 Å². The second-order valence-electron chi connectivity index (χ2n) is 6.30. The Morgan fingerprint density at radius 3 is 2.22 bits per heavy atom. The summed E-state index contributed by atoms with van der Waals surface area (Å²) < 4.78 is 1.90. The Kier molecular flexibility index (Phi) is 5.55. The first-order valence-corrected chi connectivity index (χ1v) is 7.82. The Bertz CT molecular complexity index is 675. The number of amides is 1. The average molecular weight is 314 g/mol. The normalized spacial score (nSPS) is 11.0. The highest BCUT2D eigenvalue weighted by Crippen LogP contribution is 2.13. The molecule has 1 aromatic heterocycles. The second-order valence-corrected chi connectivity index (χ2v) is 6.30. The summed E-state index contributed by atoms with van der Waals surface area (Å²) in [6.45, 7) is 5.77. The highest BCUT2D eigenvalue weighted by Gasteiger charge is 2.14. The van der Waals surface area contributed by atoms with Gasteiger partial charge in [-0.3, -0.25) is 4.79 Å². The number of carbonyl (C=O) groups is 1. The zero-order valence-corrected chi connectivity index (χ0v) is 14.7. The molecule has 1 amide bonds. The number of benzene rings is 1. The molecule has 5 nitrogen and oxygen atoms in total. The minimum absolute atomic E-state index is 0.0881. The summed E-state index contributed by atoms with van der Waals surface area (Å²) in [5.41, 5.74) is 4.46. The first-order chi connectivity index (χ1) is 10.9. The third-order valence-corrected chi connectivity index (χ3v) is 4.09. The molecule has 23 heavy (non-hydrogen) atoms.